The summed E-state index contributed by atoms with van der Waals surface area (Å²) >= 11 is 0. The third kappa shape index (κ3) is 0.944. The highest BCUT2D eigenvalue weighted by molar-refractivity contribution is 4.86. The van der Waals surface area contributed by atoms with Gasteiger partial charge in [0.05, 0.1) is 0 Å². The van der Waals surface area contributed by atoms with Crippen LogP contribution < -0.4 is 5.43 Å². The van der Waals surface area contributed by atoms with Gasteiger partial charge in [0.1, 0.15) is 0 Å². The van der Waals surface area contributed by atoms with Crippen LogP contribution in [0.5, 0.6) is 0 Å². The monoisotopic (exact) mass is 141 g/mol. The van der Waals surface area contributed by atoms with E-state index in [0.29, 0.717) is 0 Å². The van der Waals surface area contributed by atoms with Crippen molar-refractivity contribution in [2.45, 2.75) is 12.5 Å². The molecule has 0 aromatic heterocycles. The summed E-state index contributed by atoms with van der Waals surface area (Å²) in [5.41, 5.74) is 3.24. The molecule has 2 atom stereocenters. The fourth-order valence-corrected chi connectivity index (χ4v) is 2.00. The highest BCUT2D eigenvalue weighted by Crippen LogP contribution is 2.17. The Bertz CT molecular complexity index is 126. The van der Waals surface area contributed by atoms with E-state index in [1.165, 1.54) is 32.6 Å². The van der Waals surface area contributed by atoms with Crippen molar-refractivity contribution in [3.63, 3.8) is 0 Å². The van der Waals surface area contributed by atoms with Gasteiger partial charge in [0.15, 0.2) is 0 Å². The van der Waals surface area contributed by atoms with Gasteiger partial charge in [0.25, 0.3) is 0 Å². The first-order valence-electron chi connectivity index (χ1n) is 4.06. The van der Waals surface area contributed by atoms with E-state index in [4.69, 9.17) is 0 Å². The Kier molecular flexibility index (Phi) is 1.64. The summed E-state index contributed by atoms with van der Waals surface area (Å²) in [5.74, 6) is 0. The van der Waals surface area contributed by atoms with E-state index >= 15 is 0 Å². The van der Waals surface area contributed by atoms with Crippen molar-refractivity contribution in [2.24, 2.45) is 0 Å². The van der Waals surface area contributed by atoms with E-state index in [-0.39, 0.29) is 0 Å². The van der Waals surface area contributed by atoms with E-state index in [1.807, 2.05) is 7.05 Å². The van der Waals surface area contributed by atoms with Crippen LogP contribution in [-0.2, 0) is 0 Å². The Morgan fingerprint density at radius 1 is 1.30 bits per heavy atom. The van der Waals surface area contributed by atoms with Crippen LogP contribution in [0.25, 0.3) is 0 Å². The predicted molar refractivity (Wildman–Crippen MR) is 40.6 cm³/mol. The zero-order chi connectivity index (χ0) is 6.97. The molecule has 2 heterocycles. The van der Waals surface area contributed by atoms with Crippen molar-refractivity contribution in [3.8, 4) is 0 Å². The molecule has 0 amide bonds. The fourth-order valence-electron chi connectivity index (χ4n) is 2.00. The molecule has 0 aliphatic carbocycles. The van der Waals surface area contributed by atoms with Gasteiger partial charge in [-0.15, -0.1) is 0 Å². The first-order valence-corrected chi connectivity index (χ1v) is 4.06. The summed E-state index contributed by atoms with van der Waals surface area (Å²) in [6.07, 6.45) is 1.35. The van der Waals surface area contributed by atoms with Gasteiger partial charge in [-0.2, -0.15) is 0 Å². The second-order valence-corrected chi connectivity index (χ2v) is 3.16. The lowest BCUT2D eigenvalue weighted by atomic mass is 10.2. The van der Waals surface area contributed by atoms with Crippen molar-refractivity contribution in [1.82, 2.24) is 15.3 Å². The fraction of sp³-hybridized carbons (Fsp3) is 1.00. The molecular formula is C7H15N3. The van der Waals surface area contributed by atoms with Crippen LogP contribution in [-0.4, -0.2) is 49.2 Å². The van der Waals surface area contributed by atoms with Crippen LogP contribution in [0, 0.1) is 0 Å². The Morgan fingerprint density at radius 2 is 2.20 bits per heavy atom. The van der Waals surface area contributed by atoms with Gasteiger partial charge in [0.2, 0.25) is 0 Å². The molecule has 10 heavy (non-hydrogen) atoms. The van der Waals surface area contributed by atoms with E-state index in [1.54, 1.807) is 0 Å². The average Bonchev–Trinajstić information content (AvgIpc) is 2.34. The maximum Gasteiger partial charge on any atom is 0.0383 e. The first-order chi connectivity index (χ1) is 4.90. The average molecular weight is 141 g/mol. The number of nitrogens with one attached hydrogen (secondary N) is 1. The van der Waals surface area contributed by atoms with Crippen LogP contribution in [0.4, 0.5) is 0 Å². The molecule has 3 heteroatoms. The molecule has 0 spiro atoms. The number of piperazine rings is 1. The highest BCUT2D eigenvalue weighted by Gasteiger charge is 2.31. The number of hydrazine groups is 1. The molecule has 1 N–H and O–H groups in total. The minimum Gasteiger partial charge on any atom is -0.300 e. The second kappa shape index (κ2) is 2.49. The highest BCUT2D eigenvalue weighted by atomic mass is 15.5. The summed E-state index contributed by atoms with van der Waals surface area (Å²) < 4.78 is 0. The number of hydrogen-bond acceptors (Lipinski definition) is 3. The molecule has 2 fully saturated rings. The van der Waals surface area contributed by atoms with Gasteiger partial charge in [0, 0.05) is 25.7 Å². The summed E-state index contributed by atoms with van der Waals surface area (Å²) in [6, 6.07) is 0.791. The Hall–Kier alpha value is -0.120. The SMILES string of the molecule is CNN1CCN2CCC1C2. The van der Waals surface area contributed by atoms with Crippen LogP contribution in [0.1, 0.15) is 6.42 Å². The lowest BCUT2D eigenvalue weighted by Crippen LogP contribution is -2.51. The third-order valence-corrected chi connectivity index (χ3v) is 2.63. The minimum atomic E-state index is 0.791. The molecule has 58 valence electrons. The molecule has 2 bridgehead atoms. The lowest BCUT2D eigenvalue weighted by Gasteiger charge is -2.33. The summed E-state index contributed by atoms with van der Waals surface area (Å²) in [5, 5.41) is 2.36. The normalized spacial score (nSPS) is 40.5. The van der Waals surface area contributed by atoms with Gasteiger partial charge in [-0.25, -0.2) is 5.01 Å². The van der Waals surface area contributed by atoms with Crippen LogP contribution in [0.2, 0.25) is 0 Å². The van der Waals surface area contributed by atoms with E-state index in [0.717, 1.165) is 6.04 Å². The number of nitrogens with zero attached hydrogens (tertiary/aromatic N) is 2. The topological polar surface area (TPSA) is 18.5 Å². The van der Waals surface area contributed by atoms with Gasteiger partial charge >= 0.3 is 0 Å². The van der Waals surface area contributed by atoms with Crippen LogP contribution in [0.3, 0.4) is 0 Å². The Morgan fingerprint density at radius 3 is 3.00 bits per heavy atom. The third-order valence-electron chi connectivity index (χ3n) is 2.63. The molecule has 2 aliphatic rings. The van der Waals surface area contributed by atoms with Gasteiger partial charge < -0.3 is 4.90 Å². The molecule has 2 rings (SSSR count). The van der Waals surface area contributed by atoms with E-state index in [2.05, 4.69) is 15.3 Å². The summed E-state index contributed by atoms with van der Waals surface area (Å²) in [4.78, 5) is 2.54. The smallest absolute Gasteiger partial charge is 0.0383 e. The molecule has 2 aliphatic heterocycles. The van der Waals surface area contributed by atoms with Crippen molar-refractivity contribution < 1.29 is 0 Å². The standard InChI is InChI=1S/C7H15N3/c1-8-10-5-4-9-3-2-7(10)6-9/h7-8H,2-6H2,1H3. The van der Waals surface area contributed by atoms with Crippen LogP contribution in [0.15, 0.2) is 0 Å². The Labute approximate surface area is 62.0 Å². The van der Waals surface area contributed by atoms with Crippen molar-refractivity contribution >= 4 is 0 Å². The van der Waals surface area contributed by atoms with Crippen LogP contribution >= 0.6 is 0 Å². The zero-order valence-electron chi connectivity index (χ0n) is 6.51. The lowest BCUT2D eigenvalue weighted by molar-refractivity contribution is 0.0932. The number of rotatable bonds is 1. The molecule has 0 radical (unpaired) electrons. The zero-order valence-corrected chi connectivity index (χ0v) is 6.51. The molecule has 0 aromatic rings. The van der Waals surface area contributed by atoms with Crippen molar-refractivity contribution in [3.05, 3.63) is 0 Å². The largest absolute Gasteiger partial charge is 0.300 e. The van der Waals surface area contributed by atoms with Gasteiger partial charge in [-0.05, 0) is 20.0 Å². The predicted octanol–water partition coefficient (Wildman–Crippen LogP) is -0.489. The first kappa shape index (κ1) is 6.58. The van der Waals surface area contributed by atoms with Crippen molar-refractivity contribution in [1.29, 1.82) is 0 Å². The van der Waals surface area contributed by atoms with E-state index in [9.17, 15) is 0 Å². The van der Waals surface area contributed by atoms with Gasteiger partial charge in [-0.1, -0.05) is 0 Å². The molecular weight excluding hydrogens is 126 g/mol. The summed E-state index contributed by atoms with van der Waals surface area (Å²) in [6.45, 7) is 5.03. The number of fused-ring (bicyclic) bond motifs is 2. The van der Waals surface area contributed by atoms with Gasteiger partial charge in [-0.3, -0.25) is 5.43 Å². The Balaban J connectivity index is 2.00. The minimum absolute atomic E-state index is 0.791. The molecule has 0 aromatic carbocycles. The maximum absolute atomic E-state index is 3.24. The van der Waals surface area contributed by atoms with E-state index < -0.39 is 0 Å². The van der Waals surface area contributed by atoms with Crippen molar-refractivity contribution in [2.75, 3.05) is 33.2 Å². The maximum atomic E-state index is 3.24. The molecule has 0 saturated carbocycles. The summed E-state index contributed by atoms with van der Waals surface area (Å²) in [7, 11) is 2.02. The molecule has 2 unspecified atom stereocenters. The quantitative estimate of drug-likeness (QED) is 0.531. The number of hydrogen-bond donors (Lipinski definition) is 1. The molecule has 3 nitrogen and oxygen atoms in total. The second-order valence-electron chi connectivity index (χ2n) is 3.16. The molecule has 2 saturated heterocycles.